The van der Waals surface area contributed by atoms with Crippen LogP contribution in [-0.4, -0.2) is 4.98 Å². The Morgan fingerprint density at radius 2 is 1.62 bits per heavy atom. The van der Waals surface area contributed by atoms with E-state index in [2.05, 4.69) is 79.0 Å². The standard InChI is InChI=1S/C21H18N2S/c1-15-10-12-16(13-11-15)14-22-18-7-3-2-6-17(18)21-23-19-8-4-5-9-20(19)24-21/h2-13,22H,14H2,1H3. The molecule has 0 amide bonds. The van der Waals surface area contributed by atoms with E-state index in [-0.39, 0.29) is 0 Å². The first-order valence-electron chi connectivity index (χ1n) is 8.04. The number of para-hydroxylation sites is 2. The van der Waals surface area contributed by atoms with E-state index in [0.717, 1.165) is 28.3 Å². The van der Waals surface area contributed by atoms with E-state index in [1.165, 1.54) is 15.8 Å². The van der Waals surface area contributed by atoms with Gasteiger partial charge in [-0.3, -0.25) is 0 Å². The van der Waals surface area contributed by atoms with Gasteiger partial charge >= 0.3 is 0 Å². The van der Waals surface area contributed by atoms with Crippen LogP contribution in [0.2, 0.25) is 0 Å². The molecule has 1 N–H and O–H groups in total. The molecule has 4 rings (SSSR count). The van der Waals surface area contributed by atoms with Crippen LogP contribution in [0.5, 0.6) is 0 Å². The van der Waals surface area contributed by atoms with E-state index in [4.69, 9.17) is 4.98 Å². The zero-order valence-electron chi connectivity index (χ0n) is 13.5. The Balaban J connectivity index is 1.63. The number of nitrogens with zero attached hydrogens (tertiary/aromatic N) is 1. The number of nitrogens with one attached hydrogen (secondary N) is 1. The molecule has 4 aromatic rings. The van der Waals surface area contributed by atoms with Crippen molar-refractivity contribution in [3.63, 3.8) is 0 Å². The molecule has 1 aromatic heterocycles. The maximum absolute atomic E-state index is 4.79. The van der Waals surface area contributed by atoms with Crippen LogP contribution in [0.25, 0.3) is 20.8 Å². The summed E-state index contributed by atoms with van der Waals surface area (Å²) in [7, 11) is 0. The van der Waals surface area contributed by atoms with Crippen molar-refractivity contribution < 1.29 is 0 Å². The van der Waals surface area contributed by atoms with Crippen molar-refractivity contribution in [2.75, 3.05) is 5.32 Å². The van der Waals surface area contributed by atoms with E-state index in [1.807, 2.05) is 6.07 Å². The second kappa shape index (κ2) is 6.46. The van der Waals surface area contributed by atoms with Crippen LogP contribution in [0.1, 0.15) is 11.1 Å². The number of aromatic nitrogens is 1. The fourth-order valence-electron chi connectivity index (χ4n) is 2.71. The van der Waals surface area contributed by atoms with E-state index in [0.29, 0.717) is 0 Å². The molecule has 0 fully saturated rings. The predicted octanol–water partition coefficient (Wildman–Crippen LogP) is 5.88. The second-order valence-electron chi connectivity index (χ2n) is 5.87. The molecule has 0 aliphatic heterocycles. The van der Waals surface area contributed by atoms with Crippen LogP contribution in [0, 0.1) is 6.92 Å². The van der Waals surface area contributed by atoms with E-state index in [9.17, 15) is 0 Å². The Labute approximate surface area is 145 Å². The smallest absolute Gasteiger partial charge is 0.126 e. The summed E-state index contributed by atoms with van der Waals surface area (Å²) in [5.74, 6) is 0. The topological polar surface area (TPSA) is 24.9 Å². The monoisotopic (exact) mass is 330 g/mol. The summed E-state index contributed by atoms with van der Waals surface area (Å²) in [6.45, 7) is 2.92. The van der Waals surface area contributed by atoms with Gasteiger partial charge in [0.15, 0.2) is 0 Å². The largest absolute Gasteiger partial charge is 0.380 e. The van der Waals surface area contributed by atoms with Crippen LogP contribution in [0.3, 0.4) is 0 Å². The average Bonchev–Trinajstić information content (AvgIpc) is 3.05. The molecule has 24 heavy (non-hydrogen) atoms. The average molecular weight is 330 g/mol. The van der Waals surface area contributed by atoms with Gasteiger partial charge in [0.1, 0.15) is 5.01 Å². The molecule has 0 atom stereocenters. The van der Waals surface area contributed by atoms with Crippen molar-refractivity contribution in [2.45, 2.75) is 13.5 Å². The number of aryl methyl sites for hydroxylation is 1. The normalized spacial score (nSPS) is 10.9. The third kappa shape index (κ3) is 3.03. The highest BCUT2D eigenvalue weighted by molar-refractivity contribution is 7.21. The maximum atomic E-state index is 4.79. The molecule has 0 spiro atoms. The van der Waals surface area contributed by atoms with Gasteiger partial charge in [-0.2, -0.15) is 0 Å². The molecule has 0 aliphatic rings. The molecule has 0 aliphatic carbocycles. The van der Waals surface area contributed by atoms with Crippen molar-refractivity contribution in [2.24, 2.45) is 0 Å². The maximum Gasteiger partial charge on any atom is 0.126 e. The van der Waals surface area contributed by atoms with Crippen LogP contribution < -0.4 is 5.32 Å². The molecule has 0 unspecified atom stereocenters. The number of benzene rings is 3. The van der Waals surface area contributed by atoms with Crippen molar-refractivity contribution >= 4 is 27.2 Å². The Kier molecular flexibility index (Phi) is 4.01. The van der Waals surface area contributed by atoms with Crippen LogP contribution in [-0.2, 0) is 6.54 Å². The second-order valence-corrected chi connectivity index (χ2v) is 6.90. The van der Waals surface area contributed by atoms with Crippen molar-refractivity contribution in [3.05, 3.63) is 83.9 Å². The lowest BCUT2D eigenvalue weighted by molar-refractivity contribution is 1.14. The summed E-state index contributed by atoms with van der Waals surface area (Å²) in [6.07, 6.45) is 0. The minimum absolute atomic E-state index is 0.808. The zero-order chi connectivity index (χ0) is 16.4. The van der Waals surface area contributed by atoms with Crippen molar-refractivity contribution in [1.29, 1.82) is 0 Å². The molecular weight excluding hydrogens is 312 g/mol. The Hall–Kier alpha value is -2.65. The molecular formula is C21H18N2S. The molecule has 3 heteroatoms. The van der Waals surface area contributed by atoms with Crippen LogP contribution in [0.15, 0.2) is 72.8 Å². The number of rotatable bonds is 4. The van der Waals surface area contributed by atoms with Gasteiger partial charge in [0.2, 0.25) is 0 Å². The number of hydrogen-bond donors (Lipinski definition) is 1. The quantitative estimate of drug-likeness (QED) is 0.505. The molecule has 0 saturated carbocycles. The molecule has 0 radical (unpaired) electrons. The van der Waals surface area contributed by atoms with Crippen molar-refractivity contribution in [1.82, 2.24) is 4.98 Å². The summed E-state index contributed by atoms with van der Waals surface area (Å²) in [5, 5.41) is 4.62. The summed E-state index contributed by atoms with van der Waals surface area (Å²) in [6, 6.07) is 25.3. The highest BCUT2D eigenvalue weighted by Crippen LogP contribution is 2.34. The van der Waals surface area contributed by atoms with E-state index >= 15 is 0 Å². The molecule has 118 valence electrons. The van der Waals surface area contributed by atoms with Gasteiger partial charge in [-0.15, -0.1) is 11.3 Å². The van der Waals surface area contributed by atoms with Gasteiger partial charge in [-0.25, -0.2) is 4.98 Å². The molecule has 0 saturated heterocycles. The van der Waals surface area contributed by atoms with Gasteiger partial charge in [0.25, 0.3) is 0 Å². The van der Waals surface area contributed by atoms with Gasteiger partial charge in [-0.1, -0.05) is 54.1 Å². The van der Waals surface area contributed by atoms with E-state index in [1.54, 1.807) is 11.3 Å². The Morgan fingerprint density at radius 3 is 2.46 bits per heavy atom. The van der Waals surface area contributed by atoms with Gasteiger partial charge in [-0.05, 0) is 36.8 Å². The molecule has 0 bridgehead atoms. The Bertz CT molecular complexity index is 937. The summed E-state index contributed by atoms with van der Waals surface area (Å²) < 4.78 is 1.22. The summed E-state index contributed by atoms with van der Waals surface area (Å²) in [4.78, 5) is 4.79. The van der Waals surface area contributed by atoms with Crippen LogP contribution in [0.4, 0.5) is 5.69 Å². The van der Waals surface area contributed by atoms with Gasteiger partial charge in [0, 0.05) is 17.8 Å². The number of fused-ring (bicyclic) bond motifs is 1. The van der Waals surface area contributed by atoms with Crippen molar-refractivity contribution in [3.8, 4) is 10.6 Å². The fourth-order valence-corrected chi connectivity index (χ4v) is 3.72. The van der Waals surface area contributed by atoms with Gasteiger partial charge in [0.05, 0.1) is 10.2 Å². The molecule has 1 heterocycles. The highest BCUT2D eigenvalue weighted by atomic mass is 32.1. The first kappa shape index (κ1) is 14.9. The Morgan fingerprint density at radius 1 is 0.875 bits per heavy atom. The third-order valence-electron chi connectivity index (χ3n) is 4.05. The minimum atomic E-state index is 0.808. The van der Waals surface area contributed by atoms with E-state index < -0.39 is 0 Å². The fraction of sp³-hybridized carbons (Fsp3) is 0.0952. The lowest BCUT2D eigenvalue weighted by Gasteiger charge is -2.10. The summed E-state index contributed by atoms with van der Waals surface area (Å²) >= 11 is 1.74. The molecule has 2 nitrogen and oxygen atoms in total. The third-order valence-corrected chi connectivity index (χ3v) is 5.12. The number of anilines is 1. The zero-order valence-corrected chi connectivity index (χ0v) is 14.3. The number of thiazole rings is 1. The highest BCUT2D eigenvalue weighted by Gasteiger charge is 2.10. The first-order valence-corrected chi connectivity index (χ1v) is 8.86. The molecule has 3 aromatic carbocycles. The lowest BCUT2D eigenvalue weighted by atomic mass is 10.1. The number of hydrogen-bond acceptors (Lipinski definition) is 3. The lowest BCUT2D eigenvalue weighted by Crippen LogP contribution is -2.00. The summed E-state index contributed by atoms with van der Waals surface area (Å²) in [5.41, 5.74) is 5.90. The van der Waals surface area contributed by atoms with Gasteiger partial charge < -0.3 is 5.32 Å². The minimum Gasteiger partial charge on any atom is -0.380 e. The predicted molar refractivity (Wildman–Crippen MR) is 104 cm³/mol. The van der Waals surface area contributed by atoms with Crippen LogP contribution >= 0.6 is 11.3 Å². The SMILES string of the molecule is Cc1ccc(CNc2ccccc2-c2nc3ccccc3s2)cc1. The first-order chi connectivity index (χ1) is 11.8.